The first-order valence-electron chi connectivity index (χ1n) is 9.90. The van der Waals surface area contributed by atoms with E-state index in [1.165, 1.54) is 24.3 Å². The average molecular weight is 489 g/mol. The van der Waals surface area contributed by atoms with Crippen LogP contribution in [0.4, 0.5) is 0 Å². The van der Waals surface area contributed by atoms with Crippen molar-refractivity contribution in [2.75, 3.05) is 0 Å². The molecule has 0 aliphatic heterocycles. The molecule has 0 amide bonds. The molecule has 6 N–H and O–H groups in total. The third-order valence-corrected chi connectivity index (χ3v) is 6.19. The predicted octanol–water partition coefficient (Wildman–Crippen LogP) is 0.105. The Balaban J connectivity index is 0.00000544. The number of nitrogens with two attached hydrogens (primary N) is 2. The Bertz CT molecular complexity index is 1040. The van der Waals surface area contributed by atoms with Crippen LogP contribution in [-0.4, -0.2) is 76.9 Å². The third-order valence-electron chi connectivity index (χ3n) is 5.29. The number of aliphatic hydroxyl groups excluding tert-OH is 1. The summed E-state index contributed by atoms with van der Waals surface area (Å²) in [6, 6.07) is 12.6. The van der Waals surface area contributed by atoms with Crippen molar-refractivity contribution in [1.29, 1.82) is 0 Å². The van der Waals surface area contributed by atoms with E-state index >= 15 is 0 Å². The van der Waals surface area contributed by atoms with E-state index in [2.05, 4.69) is 0 Å². The van der Waals surface area contributed by atoms with E-state index in [1.807, 2.05) is 0 Å². The fourth-order valence-corrected chi connectivity index (χ4v) is 3.93. The number of ether oxygens (including phenoxy) is 1. The number of hydrogen-bond donors (Lipinski definition) is 4. The Morgan fingerprint density at radius 3 is 1.94 bits per heavy atom. The Hall–Kier alpha value is -1.63. The molecule has 0 spiro atoms. The van der Waals surface area contributed by atoms with Crippen molar-refractivity contribution < 1.29 is 32.4 Å². The van der Waals surface area contributed by atoms with Gasteiger partial charge in [0, 0.05) is 0 Å². The van der Waals surface area contributed by atoms with Gasteiger partial charge in [-0.3, -0.25) is 14.1 Å². The van der Waals surface area contributed by atoms with Gasteiger partial charge in [0.05, 0.1) is 12.1 Å². The summed E-state index contributed by atoms with van der Waals surface area (Å²) in [5, 5.41) is 10.3. The Kier molecular flexibility index (Phi) is 10.9. The van der Waals surface area contributed by atoms with E-state index in [9.17, 15) is 27.7 Å². The van der Waals surface area contributed by atoms with Gasteiger partial charge >= 0.3 is 35.5 Å². The van der Waals surface area contributed by atoms with Crippen molar-refractivity contribution in [1.82, 2.24) is 0 Å². The molecule has 4 atom stereocenters. The quantitative estimate of drug-likeness (QED) is 0.157. The summed E-state index contributed by atoms with van der Waals surface area (Å²) in [6.07, 6.45) is 0. The minimum absolute atomic E-state index is 0. The first-order chi connectivity index (χ1) is 14.9. The standard InChI is InChI=1S/C22H28N2O7S.Na.H/c1-14(2)17(23)19(25)22(16-11-7-4-8-12-16,18(24)20(26)32(28,29)30)21(27)31-13-15-9-5-3-6-10-15;;/h3-12,14,17-18,20,26H,13,23-24H2,1-2H3,(H,28,29,30);;/t17-,18?,20?,22?;;/m1../s1. The van der Waals surface area contributed by atoms with Gasteiger partial charge in [-0.1, -0.05) is 74.5 Å². The summed E-state index contributed by atoms with van der Waals surface area (Å²) in [6.45, 7) is 3.03. The molecule has 0 saturated heterocycles. The van der Waals surface area contributed by atoms with Crippen LogP contribution < -0.4 is 11.5 Å². The second kappa shape index (κ2) is 12.2. The first kappa shape index (κ1) is 29.4. The fraction of sp³-hybridized carbons (Fsp3) is 0.364. The number of carbonyl (C=O) groups excluding carboxylic acids is 2. The maximum atomic E-state index is 13.6. The third kappa shape index (κ3) is 6.49. The number of ketones is 1. The Morgan fingerprint density at radius 1 is 1.00 bits per heavy atom. The van der Waals surface area contributed by atoms with Gasteiger partial charge < -0.3 is 21.3 Å². The molecule has 9 nitrogen and oxygen atoms in total. The van der Waals surface area contributed by atoms with Crippen molar-refractivity contribution in [2.24, 2.45) is 17.4 Å². The summed E-state index contributed by atoms with van der Waals surface area (Å²) >= 11 is 0. The molecule has 2 aromatic carbocycles. The van der Waals surface area contributed by atoms with E-state index in [4.69, 9.17) is 16.2 Å². The van der Waals surface area contributed by atoms with Gasteiger partial charge in [0.1, 0.15) is 6.61 Å². The van der Waals surface area contributed by atoms with E-state index in [-0.39, 0.29) is 41.7 Å². The van der Waals surface area contributed by atoms with Crippen LogP contribution in [0, 0.1) is 5.92 Å². The van der Waals surface area contributed by atoms with Crippen molar-refractivity contribution in [3.05, 3.63) is 71.8 Å². The molecule has 2 aromatic rings. The van der Waals surface area contributed by atoms with Gasteiger partial charge in [-0.15, -0.1) is 0 Å². The average Bonchev–Trinajstić information content (AvgIpc) is 2.77. The van der Waals surface area contributed by atoms with Gasteiger partial charge in [0.2, 0.25) is 0 Å². The molecule has 3 unspecified atom stereocenters. The fourth-order valence-electron chi connectivity index (χ4n) is 3.36. The number of carbonyl (C=O) groups is 2. The number of hydrogen-bond acceptors (Lipinski definition) is 8. The first-order valence-corrected chi connectivity index (χ1v) is 11.4. The normalized spacial score (nSPS) is 16.1. The van der Waals surface area contributed by atoms with Crippen molar-refractivity contribution >= 4 is 51.4 Å². The zero-order valence-electron chi connectivity index (χ0n) is 17.8. The summed E-state index contributed by atoms with van der Waals surface area (Å²) in [5.74, 6) is -2.58. The molecule has 0 fully saturated rings. The molecule has 0 aliphatic rings. The van der Waals surface area contributed by atoms with Crippen molar-refractivity contribution in [3.63, 3.8) is 0 Å². The predicted molar refractivity (Wildman–Crippen MR) is 125 cm³/mol. The van der Waals surface area contributed by atoms with Gasteiger partial charge in [0.25, 0.3) is 10.1 Å². The molecule has 0 heterocycles. The van der Waals surface area contributed by atoms with Crippen molar-refractivity contribution in [2.45, 2.75) is 43.4 Å². The second-order valence-corrected chi connectivity index (χ2v) is 9.31. The van der Waals surface area contributed by atoms with Crippen molar-refractivity contribution in [3.8, 4) is 0 Å². The molecule has 0 aromatic heterocycles. The van der Waals surface area contributed by atoms with Crippen LogP contribution in [-0.2, 0) is 36.5 Å². The Labute approximate surface area is 215 Å². The zero-order valence-corrected chi connectivity index (χ0v) is 18.6. The van der Waals surface area contributed by atoms with Crippen LogP contribution in [0.15, 0.2) is 60.7 Å². The SMILES string of the molecule is CC(C)[C@@H](N)C(=O)C(C(=O)OCc1ccccc1)(c1ccccc1)C(N)C(O)S(=O)(=O)O.[NaH]. The Morgan fingerprint density at radius 2 is 1.48 bits per heavy atom. The van der Waals surface area contributed by atoms with Crippen LogP contribution in [0.5, 0.6) is 0 Å². The summed E-state index contributed by atoms with van der Waals surface area (Å²) in [5.41, 5.74) is 7.55. The van der Waals surface area contributed by atoms with Crippen LogP contribution in [0.25, 0.3) is 0 Å². The summed E-state index contributed by atoms with van der Waals surface area (Å²) < 4.78 is 38.3. The molecule has 11 heteroatoms. The van der Waals surface area contributed by atoms with Gasteiger partial charge in [-0.05, 0) is 17.0 Å². The molecule has 0 aliphatic carbocycles. The number of benzene rings is 2. The summed E-state index contributed by atoms with van der Waals surface area (Å²) in [7, 11) is -5.14. The van der Waals surface area contributed by atoms with Crippen LogP contribution in [0.2, 0.25) is 0 Å². The van der Waals surface area contributed by atoms with Crippen LogP contribution >= 0.6 is 0 Å². The molecular formula is C22H29N2NaO7S. The van der Waals surface area contributed by atoms with Gasteiger partial charge in [0.15, 0.2) is 16.6 Å². The molecule has 33 heavy (non-hydrogen) atoms. The molecule has 0 radical (unpaired) electrons. The summed E-state index contributed by atoms with van der Waals surface area (Å²) in [4.78, 5) is 27.2. The molecular weight excluding hydrogens is 459 g/mol. The number of rotatable bonds is 10. The molecule has 176 valence electrons. The second-order valence-electron chi connectivity index (χ2n) is 7.80. The zero-order chi connectivity index (χ0) is 24.1. The van der Waals surface area contributed by atoms with E-state index in [1.54, 1.807) is 50.2 Å². The van der Waals surface area contributed by atoms with E-state index in [0.717, 1.165) is 0 Å². The molecule has 0 bridgehead atoms. The van der Waals surface area contributed by atoms with Crippen LogP contribution in [0.3, 0.4) is 0 Å². The molecule has 0 saturated carbocycles. The minimum atomic E-state index is -5.14. The van der Waals surface area contributed by atoms with E-state index < -0.39 is 50.7 Å². The van der Waals surface area contributed by atoms with Crippen LogP contribution in [0.1, 0.15) is 25.0 Å². The van der Waals surface area contributed by atoms with Gasteiger partial charge in [-0.25, -0.2) is 0 Å². The maximum absolute atomic E-state index is 13.6. The molecule has 2 rings (SSSR count). The topological polar surface area (TPSA) is 170 Å². The van der Waals surface area contributed by atoms with E-state index in [0.29, 0.717) is 5.56 Å². The monoisotopic (exact) mass is 488 g/mol. The number of Topliss-reactive ketones (excluding diaryl/α,β-unsaturated/α-hetero) is 1. The number of aliphatic hydroxyl groups is 1. The number of esters is 1. The van der Waals surface area contributed by atoms with Gasteiger partial charge in [-0.2, -0.15) is 8.42 Å².